The van der Waals surface area contributed by atoms with Gasteiger partial charge in [0.05, 0.1) is 11.7 Å². The van der Waals surface area contributed by atoms with Gasteiger partial charge < -0.3 is 4.57 Å². The summed E-state index contributed by atoms with van der Waals surface area (Å²) >= 11 is 1.52. The van der Waals surface area contributed by atoms with Crippen molar-refractivity contribution in [1.82, 2.24) is 24.5 Å². The average Bonchev–Trinajstić information content (AvgIpc) is 2.76. The highest BCUT2D eigenvalue weighted by molar-refractivity contribution is 7.99. The molecule has 0 fully saturated rings. The van der Waals surface area contributed by atoms with Crippen molar-refractivity contribution in [3.8, 4) is 0 Å². The Hall–Kier alpha value is -1.95. The molecule has 84 valence electrons. The maximum Gasteiger partial charge on any atom is 0.174 e. The van der Waals surface area contributed by atoms with Crippen molar-refractivity contribution in [3.63, 3.8) is 0 Å². The van der Waals surface area contributed by atoms with Crippen molar-refractivity contribution in [2.45, 2.75) is 10.2 Å². The fourth-order valence-electron chi connectivity index (χ4n) is 1.50. The summed E-state index contributed by atoms with van der Waals surface area (Å²) in [5, 5.41) is 2.80. The predicted molar refractivity (Wildman–Crippen MR) is 64.7 cm³/mol. The monoisotopic (exact) mass is 243 g/mol. The molecule has 0 radical (unpaired) electrons. The van der Waals surface area contributed by atoms with E-state index in [9.17, 15) is 0 Å². The third kappa shape index (κ3) is 1.87. The van der Waals surface area contributed by atoms with Crippen LogP contribution in [0.15, 0.2) is 47.4 Å². The average molecular weight is 243 g/mol. The van der Waals surface area contributed by atoms with Crippen molar-refractivity contribution in [2.75, 3.05) is 0 Å². The number of pyridine rings is 1. The van der Waals surface area contributed by atoms with E-state index in [0.717, 1.165) is 21.1 Å². The van der Waals surface area contributed by atoms with Gasteiger partial charge in [-0.2, -0.15) is 0 Å². The normalized spacial score (nSPS) is 10.9. The Labute approximate surface area is 102 Å². The van der Waals surface area contributed by atoms with E-state index in [4.69, 9.17) is 0 Å². The number of nitrogens with zero attached hydrogens (tertiary/aromatic N) is 5. The zero-order chi connectivity index (χ0) is 11.7. The summed E-state index contributed by atoms with van der Waals surface area (Å²) in [4.78, 5) is 16.8. The number of hydrogen-bond acceptors (Lipinski definition) is 5. The van der Waals surface area contributed by atoms with Crippen LogP contribution in [0.1, 0.15) is 0 Å². The zero-order valence-electron chi connectivity index (χ0n) is 9.11. The maximum absolute atomic E-state index is 4.29. The first-order chi connectivity index (χ1) is 8.34. The molecule has 3 aromatic heterocycles. The van der Waals surface area contributed by atoms with E-state index >= 15 is 0 Å². The molecule has 5 nitrogen and oxygen atoms in total. The zero-order valence-corrected chi connectivity index (χ0v) is 9.92. The molecule has 0 amide bonds. The van der Waals surface area contributed by atoms with E-state index in [1.165, 1.54) is 11.8 Å². The first-order valence-corrected chi connectivity index (χ1v) is 5.86. The number of imidazole rings is 1. The van der Waals surface area contributed by atoms with Gasteiger partial charge in [0.25, 0.3) is 0 Å². The molecule has 0 saturated carbocycles. The molecule has 0 spiro atoms. The second kappa shape index (κ2) is 4.14. The Balaban J connectivity index is 2.09. The third-order valence-electron chi connectivity index (χ3n) is 2.37. The molecule has 3 heterocycles. The summed E-state index contributed by atoms with van der Waals surface area (Å²) in [7, 11) is 1.96. The van der Waals surface area contributed by atoms with Gasteiger partial charge in [-0.15, -0.1) is 0 Å². The molecule has 0 aromatic carbocycles. The fourth-order valence-corrected chi connectivity index (χ4v) is 2.37. The minimum atomic E-state index is 0.846. The first-order valence-electron chi connectivity index (χ1n) is 5.04. The Morgan fingerprint density at radius 3 is 2.94 bits per heavy atom. The molecule has 0 bridgehead atoms. The van der Waals surface area contributed by atoms with Crippen LogP contribution in [-0.2, 0) is 7.05 Å². The molecular weight excluding hydrogens is 234 g/mol. The Bertz CT molecular complexity index is 658. The molecule has 3 rings (SSSR count). The summed E-state index contributed by atoms with van der Waals surface area (Å²) < 4.78 is 1.96. The van der Waals surface area contributed by atoms with E-state index in [1.54, 1.807) is 24.9 Å². The van der Waals surface area contributed by atoms with Gasteiger partial charge in [-0.25, -0.2) is 15.0 Å². The van der Waals surface area contributed by atoms with Crippen LogP contribution in [0.3, 0.4) is 0 Å². The highest BCUT2D eigenvalue weighted by Gasteiger charge is 2.08. The lowest BCUT2D eigenvalue weighted by molar-refractivity contribution is 0.789. The van der Waals surface area contributed by atoms with Crippen LogP contribution >= 0.6 is 11.8 Å². The van der Waals surface area contributed by atoms with E-state index in [2.05, 4.69) is 19.9 Å². The molecule has 0 saturated heterocycles. The van der Waals surface area contributed by atoms with Crippen LogP contribution in [-0.4, -0.2) is 24.5 Å². The van der Waals surface area contributed by atoms with Gasteiger partial charge in [-0.3, -0.25) is 4.98 Å². The molecule has 3 aromatic rings. The minimum absolute atomic E-state index is 0.846. The smallest absolute Gasteiger partial charge is 0.174 e. The molecule has 0 atom stereocenters. The molecule has 0 aliphatic carbocycles. The molecular formula is C11H9N5S. The number of hydrogen-bond donors (Lipinski definition) is 0. The Morgan fingerprint density at radius 1 is 1.18 bits per heavy atom. The lowest BCUT2D eigenvalue weighted by Gasteiger charge is -2.03. The second-order valence-electron chi connectivity index (χ2n) is 3.49. The first kappa shape index (κ1) is 10.2. The highest BCUT2D eigenvalue weighted by atomic mass is 32.2. The summed E-state index contributed by atoms with van der Waals surface area (Å²) in [6, 6.07) is 1.92. The second-order valence-corrected chi connectivity index (χ2v) is 4.45. The molecule has 17 heavy (non-hydrogen) atoms. The van der Waals surface area contributed by atoms with Gasteiger partial charge in [0.2, 0.25) is 0 Å². The van der Waals surface area contributed by atoms with Crippen LogP contribution in [0.2, 0.25) is 0 Å². The van der Waals surface area contributed by atoms with Crippen LogP contribution in [0.25, 0.3) is 10.9 Å². The van der Waals surface area contributed by atoms with E-state index in [-0.39, 0.29) is 0 Å². The van der Waals surface area contributed by atoms with Gasteiger partial charge in [0.1, 0.15) is 11.4 Å². The van der Waals surface area contributed by atoms with Gasteiger partial charge >= 0.3 is 0 Å². The molecule has 0 aliphatic heterocycles. The summed E-state index contributed by atoms with van der Waals surface area (Å²) in [6.07, 6.45) is 8.71. The fraction of sp³-hybridized carbons (Fsp3) is 0.0909. The predicted octanol–water partition coefficient (Wildman–Crippen LogP) is 1.91. The number of rotatable bonds is 2. The van der Waals surface area contributed by atoms with Crippen molar-refractivity contribution in [3.05, 3.63) is 37.2 Å². The van der Waals surface area contributed by atoms with Gasteiger partial charge in [0, 0.05) is 31.0 Å². The molecule has 6 heteroatoms. The SMILES string of the molecule is Cn1ccnc1Sc1ncnc2cnccc12. The van der Waals surface area contributed by atoms with Crippen molar-refractivity contribution < 1.29 is 0 Å². The number of fused-ring (bicyclic) bond motifs is 1. The lowest BCUT2D eigenvalue weighted by atomic mass is 10.3. The molecule has 0 aliphatic rings. The summed E-state index contributed by atoms with van der Waals surface area (Å²) in [5.41, 5.74) is 0.846. The van der Waals surface area contributed by atoms with Crippen molar-refractivity contribution in [2.24, 2.45) is 7.05 Å². The minimum Gasteiger partial charge on any atom is -0.329 e. The van der Waals surface area contributed by atoms with Crippen molar-refractivity contribution >= 4 is 22.7 Å². The van der Waals surface area contributed by atoms with E-state index in [0.29, 0.717) is 0 Å². The van der Waals surface area contributed by atoms with E-state index in [1.807, 2.05) is 23.9 Å². The standard InChI is InChI=1S/C11H9N5S/c1-16-5-4-13-11(16)17-10-8-2-3-12-6-9(8)14-7-15-10/h2-7H,1H3. The molecule has 0 N–H and O–H groups in total. The molecule has 0 unspecified atom stereocenters. The maximum atomic E-state index is 4.29. The van der Waals surface area contributed by atoms with Crippen LogP contribution < -0.4 is 0 Å². The largest absolute Gasteiger partial charge is 0.329 e. The quantitative estimate of drug-likeness (QED) is 0.643. The van der Waals surface area contributed by atoms with Gasteiger partial charge in [-0.05, 0) is 17.8 Å². The Kier molecular flexibility index (Phi) is 2.49. The van der Waals surface area contributed by atoms with Gasteiger partial charge in [0.15, 0.2) is 5.16 Å². The van der Waals surface area contributed by atoms with Crippen LogP contribution in [0.5, 0.6) is 0 Å². The van der Waals surface area contributed by atoms with Crippen LogP contribution in [0, 0.1) is 0 Å². The lowest BCUT2D eigenvalue weighted by Crippen LogP contribution is -1.92. The Morgan fingerprint density at radius 2 is 2.12 bits per heavy atom. The summed E-state index contributed by atoms with van der Waals surface area (Å²) in [5.74, 6) is 0. The third-order valence-corrected chi connectivity index (χ3v) is 3.46. The van der Waals surface area contributed by atoms with Gasteiger partial charge in [-0.1, -0.05) is 0 Å². The van der Waals surface area contributed by atoms with E-state index < -0.39 is 0 Å². The number of aromatic nitrogens is 5. The topological polar surface area (TPSA) is 56.5 Å². The highest BCUT2D eigenvalue weighted by Crippen LogP contribution is 2.28. The number of aryl methyl sites for hydroxylation is 1. The van der Waals surface area contributed by atoms with Crippen molar-refractivity contribution in [1.29, 1.82) is 0 Å². The summed E-state index contributed by atoms with van der Waals surface area (Å²) in [6.45, 7) is 0. The van der Waals surface area contributed by atoms with Crippen LogP contribution in [0.4, 0.5) is 0 Å².